The highest BCUT2D eigenvalue weighted by atomic mass is 16.5. The van der Waals surface area contributed by atoms with Crippen LogP contribution in [0.5, 0.6) is 5.75 Å². The summed E-state index contributed by atoms with van der Waals surface area (Å²) in [6.07, 6.45) is 0. The summed E-state index contributed by atoms with van der Waals surface area (Å²) in [6.45, 7) is 1.04. The van der Waals surface area contributed by atoms with Gasteiger partial charge in [-0.05, 0) is 6.92 Å². The molecular formula is C16H13N3O5. The molecule has 3 rings (SSSR count). The summed E-state index contributed by atoms with van der Waals surface area (Å²) in [5.74, 6) is -2.39. The second kappa shape index (κ2) is 5.99. The maximum absolute atomic E-state index is 12.2. The quantitative estimate of drug-likeness (QED) is 0.666. The highest BCUT2D eigenvalue weighted by Crippen LogP contribution is 2.36. The topological polar surface area (TPSA) is 126 Å². The Morgan fingerprint density at radius 3 is 2.62 bits per heavy atom. The Balaban J connectivity index is 2.20. The Hall–Kier alpha value is -3.42. The molecule has 0 bridgehead atoms. The van der Waals surface area contributed by atoms with Gasteiger partial charge in [-0.1, -0.05) is 35.5 Å². The fourth-order valence-electron chi connectivity index (χ4n) is 2.33. The van der Waals surface area contributed by atoms with E-state index < -0.39 is 24.2 Å². The number of hydrogen-bond donors (Lipinski definition) is 3. The molecule has 2 aromatic heterocycles. The van der Waals surface area contributed by atoms with Crippen molar-refractivity contribution in [3.63, 3.8) is 0 Å². The monoisotopic (exact) mass is 327 g/mol. The number of carboxylic acids is 1. The summed E-state index contributed by atoms with van der Waals surface area (Å²) in [7, 11) is 0. The summed E-state index contributed by atoms with van der Waals surface area (Å²) < 4.78 is 5.25. The number of amides is 1. The average molecular weight is 327 g/mol. The highest BCUT2D eigenvalue weighted by Gasteiger charge is 2.24. The Labute approximate surface area is 135 Å². The maximum atomic E-state index is 12.2. The van der Waals surface area contributed by atoms with Crippen molar-refractivity contribution in [1.82, 2.24) is 15.5 Å². The fraction of sp³-hybridized carbons (Fsp3) is 0.125. The van der Waals surface area contributed by atoms with E-state index >= 15 is 0 Å². The molecule has 0 aliphatic heterocycles. The van der Waals surface area contributed by atoms with Crippen LogP contribution in [-0.4, -0.2) is 38.8 Å². The van der Waals surface area contributed by atoms with Crippen LogP contribution in [0.4, 0.5) is 0 Å². The number of rotatable bonds is 4. The lowest BCUT2D eigenvalue weighted by Crippen LogP contribution is -2.30. The van der Waals surface area contributed by atoms with Gasteiger partial charge in [0.2, 0.25) is 0 Å². The first-order valence-corrected chi connectivity index (χ1v) is 7.03. The average Bonchev–Trinajstić information content (AvgIpc) is 2.96. The maximum Gasteiger partial charge on any atom is 0.322 e. The van der Waals surface area contributed by atoms with E-state index in [1.54, 1.807) is 31.2 Å². The lowest BCUT2D eigenvalue weighted by atomic mass is 10.1. The molecule has 3 aromatic rings. The van der Waals surface area contributed by atoms with Crippen LogP contribution in [0.15, 0.2) is 34.9 Å². The fourth-order valence-corrected chi connectivity index (χ4v) is 2.33. The number of carboxylic acid groups (broad SMARTS) is 1. The van der Waals surface area contributed by atoms with E-state index in [9.17, 15) is 14.7 Å². The number of hydrogen-bond acceptors (Lipinski definition) is 6. The lowest BCUT2D eigenvalue weighted by molar-refractivity contribution is -0.135. The van der Waals surface area contributed by atoms with Crippen LogP contribution in [0.25, 0.3) is 22.2 Å². The molecule has 1 aromatic carbocycles. The molecule has 0 aliphatic rings. The van der Waals surface area contributed by atoms with Gasteiger partial charge in [0.05, 0.1) is 11.1 Å². The van der Waals surface area contributed by atoms with Crippen LogP contribution in [0.1, 0.15) is 16.2 Å². The van der Waals surface area contributed by atoms with Crippen molar-refractivity contribution in [2.24, 2.45) is 0 Å². The Bertz CT molecular complexity index is 934. The zero-order valence-corrected chi connectivity index (χ0v) is 12.6. The number of aromatic nitrogens is 2. The van der Waals surface area contributed by atoms with E-state index in [2.05, 4.69) is 15.5 Å². The van der Waals surface area contributed by atoms with Gasteiger partial charge in [-0.15, -0.1) is 0 Å². The molecular weight excluding hydrogens is 314 g/mol. The first-order valence-electron chi connectivity index (χ1n) is 7.03. The van der Waals surface area contributed by atoms with Gasteiger partial charge < -0.3 is 20.1 Å². The molecule has 122 valence electrons. The third-order valence-corrected chi connectivity index (χ3v) is 3.42. The smallest absolute Gasteiger partial charge is 0.322 e. The Morgan fingerprint density at radius 2 is 1.96 bits per heavy atom. The summed E-state index contributed by atoms with van der Waals surface area (Å²) >= 11 is 0. The first kappa shape index (κ1) is 15.5. The molecule has 0 saturated heterocycles. The first-order chi connectivity index (χ1) is 11.5. The summed E-state index contributed by atoms with van der Waals surface area (Å²) in [5.41, 5.74) is 1.38. The van der Waals surface area contributed by atoms with E-state index in [1.807, 2.05) is 6.07 Å². The van der Waals surface area contributed by atoms with Crippen molar-refractivity contribution in [3.8, 4) is 17.0 Å². The van der Waals surface area contributed by atoms with Crippen LogP contribution >= 0.6 is 0 Å². The molecule has 1 amide bonds. The van der Waals surface area contributed by atoms with E-state index in [0.29, 0.717) is 17.0 Å². The minimum absolute atomic E-state index is 0.256. The molecule has 0 spiro atoms. The summed E-state index contributed by atoms with van der Waals surface area (Å²) in [6, 6.07) is 8.96. The Morgan fingerprint density at radius 1 is 1.25 bits per heavy atom. The van der Waals surface area contributed by atoms with Crippen molar-refractivity contribution in [1.29, 1.82) is 0 Å². The molecule has 0 atom stereocenters. The van der Waals surface area contributed by atoms with Gasteiger partial charge in [-0.25, -0.2) is 4.98 Å². The van der Waals surface area contributed by atoms with Gasteiger partial charge in [-0.2, -0.15) is 0 Å². The molecule has 24 heavy (non-hydrogen) atoms. The lowest BCUT2D eigenvalue weighted by Gasteiger charge is -2.08. The van der Waals surface area contributed by atoms with Crippen molar-refractivity contribution in [2.45, 2.75) is 6.92 Å². The van der Waals surface area contributed by atoms with Crippen molar-refractivity contribution >= 4 is 22.8 Å². The predicted molar refractivity (Wildman–Crippen MR) is 83.6 cm³/mol. The van der Waals surface area contributed by atoms with E-state index in [-0.39, 0.29) is 16.7 Å². The number of aryl methyl sites for hydroxylation is 1. The SMILES string of the molecule is Cc1noc2c(-c3ccccc3)nc(C(=O)NCC(=O)O)c(O)c12. The second-order valence-corrected chi connectivity index (χ2v) is 5.07. The standard InChI is InChI=1S/C16H13N3O5/c1-8-11-14(22)13(16(23)17-7-10(20)21)18-12(15(11)24-19-8)9-5-3-2-4-6-9/h2-6,22H,7H2,1H3,(H,17,23)(H,20,21). The number of carbonyl (C=O) groups excluding carboxylic acids is 1. The minimum atomic E-state index is -1.20. The van der Waals surface area contributed by atoms with Crippen LogP contribution < -0.4 is 5.32 Å². The number of benzene rings is 1. The third-order valence-electron chi connectivity index (χ3n) is 3.42. The van der Waals surface area contributed by atoms with E-state index in [1.165, 1.54) is 0 Å². The van der Waals surface area contributed by atoms with Gasteiger partial charge in [0, 0.05) is 5.56 Å². The number of nitrogens with one attached hydrogen (secondary N) is 1. The number of aliphatic carboxylic acids is 1. The van der Waals surface area contributed by atoms with Gasteiger partial charge in [0.25, 0.3) is 5.91 Å². The van der Waals surface area contributed by atoms with Crippen LogP contribution in [0.2, 0.25) is 0 Å². The number of fused-ring (bicyclic) bond motifs is 1. The second-order valence-electron chi connectivity index (χ2n) is 5.07. The van der Waals surface area contributed by atoms with Crippen LogP contribution in [-0.2, 0) is 4.79 Å². The number of nitrogens with zero attached hydrogens (tertiary/aromatic N) is 2. The summed E-state index contributed by atoms with van der Waals surface area (Å²) in [5, 5.41) is 25.3. The molecule has 3 N–H and O–H groups in total. The number of pyridine rings is 1. The Kier molecular flexibility index (Phi) is 3.87. The zero-order valence-electron chi connectivity index (χ0n) is 12.6. The molecule has 8 heteroatoms. The number of aromatic hydroxyl groups is 1. The van der Waals surface area contributed by atoms with Crippen molar-refractivity contribution in [3.05, 3.63) is 41.7 Å². The largest absolute Gasteiger partial charge is 0.505 e. The van der Waals surface area contributed by atoms with Crippen LogP contribution in [0.3, 0.4) is 0 Å². The van der Waals surface area contributed by atoms with Crippen molar-refractivity contribution < 1.29 is 24.3 Å². The zero-order chi connectivity index (χ0) is 17.3. The molecule has 2 heterocycles. The highest BCUT2D eigenvalue weighted by molar-refractivity contribution is 6.05. The molecule has 0 unspecified atom stereocenters. The predicted octanol–water partition coefficient (Wildman–Crippen LogP) is 1.72. The molecule has 0 radical (unpaired) electrons. The third kappa shape index (κ3) is 2.65. The van der Waals surface area contributed by atoms with E-state index in [4.69, 9.17) is 9.63 Å². The van der Waals surface area contributed by atoms with E-state index in [0.717, 1.165) is 0 Å². The molecule has 8 nitrogen and oxygen atoms in total. The molecule has 0 aliphatic carbocycles. The van der Waals surface area contributed by atoms with Gasteiger partial charge in [0.15, 0.2) is 17.0 Å². The van der Waals surface area contributed by atoms with Crippen LogP contribution in [0, 0.1) is 6.92 Å². The van der Waals surface area contributed by atoms with Gasteiger partial charge in [-0.3, -0.25) is 9.59 Å². The van der Waals surface area contributed by atoms with Crippen molar-refractivity contribution in [2.75, 3.05) is 6.54 Å². The summed E-state index contributed by atoms with van der Waals surface area (Å²) in [4.78, 5) is 27.0. The minimum Gasteiger partial charge on any atom is -0.505 e. The van der Waals surface area contributed by atoms with Gasteiger partial charge in [0.1, 0.15) is 12.2 Å². The molecule has 0 saturated carbocycles. The molecule has 0 fully saturated rings. The normalized spacial score (nSPS) is 10.7. The van der Waals surface area contributed by atoms with Gasteiger partial charge >= 0.3 is 5.97 Å². The number of carbonyl (C=O) groups is 2.